The van der Waals surface area contributed by atoms with E-state index in [0.717, 1.165) is 37.3 Å². The minimum absolute atomic E-state index is 0.144. The van der Waals surface area contributed by atoms with Gasteiger partial charge in [-0.05, 0) is 48.3 Å². The van der Waals surface area contributed by atoms with Crippen molar-refractivity contribution in [2.75, 3.05) is 18.0 Å². The number of aryl methyl sites for hydroxylation is 1. The molecule has 1 saturated heterocycles. The average Bonchev–Trinajstić information content (AvgIpc) is 3.02. The number of rotatable bonds is 5. The predicted octanol–water partition coefficient (Wildman–Crippen LogP) is 3.69. The molecule has 4 rings (SSSR count). The highest BCUT2D eigenvalue weighted by Gasteiger charge is 2.55. The highest BCUT2D eigenvalue weighted by atomic mass is 19.4. The van der Waals surface area contributed by atoms with Gasteiger partial charge in [0.05, 0.1) is 6.20 Å². The molecule has 1 aliphatic carbocycles. The smallest absolute Gasteiger partial charge is 0.406 e. The van der Waals surface area contributed by atoms with E-state index in [1.54, 1.807) is 24.7 Å². The number of halogens is 3. The normalized spacial score (nSPS) is 24.9. The van der Waals surface area contributed by atoms with E-state index in [1.807, 2.05) is 6.07 Å². The van der Waals surface area contributed by atoms with Gasteiger partial charge >= 0.3 is 6.36 Å². The van der Waals surface area contributed by atoms with Crippen molar-refractivity contribution in [3.05, 3.63) is 48.4 Å². The number of ether oxygens (including phenoxy) is 1. The first-order valence-electron chi connectivity index (χ1n) is 8.35. The molecule has 25 heavy (non-hydrogen) atoms. The van der Waals surface area contributed by atoms with Crippen LogP contribution in [0.5, 0.6) is 5.75 Å². The molecule has 0 amide bonds. The van der Waals surface area contributed by atoms with E-state index in [9.17, 15) is 13.2 Å². The molecule has 1 aromatic heterocycles. The number of fused-ring (bicyclic) bond motifs is 1. The average molecular weight is 349 g/mol. The van der Waals surface area contributed by atoms with Crippen LogP contribution >= 0.6 is 0 Å². The molecule has 1 aliphatic heterocycles. The third-order valence-electron chi connectivity index (χ3n) is 5.14. The third kappa shape index (κ3) is 3.70. The zero-order valence-electron chi connectivity index (χ0n) is 13.5. The second kappa shape index (κ2) is 6.20. The Labute approximate surface area is 143 Å². The van der Waals surface area contributed by atoms with Gasteiger partial charge in [0, 0.05) is 25.5 Å². The quantitative estimate of drug-likeness (QED) is 0.825. The molecule has 0 spiro atoms. The summed E-state index contributed by atoms with van der Waals surface area (Å²) in [5.74, 6) is 2.76. The van der Waals surface area contributed by atoms with Crippen molar-refractivity contribution in [2.24, 2.45) is 17.8 Å². The fraction of sp³-hybridized carbons (Fsp3) is 0.444. The van der Waals surface area contributed by atoms with E-state index in [2.05, 4.69) is 19.6 Å². The first-order chi connectivity index (χ1) is 12.0. The molecule has 4 nitrogen and oxygen atoms in total. The summed E-state index contributed by atoms with van der Waals surface area (Å²) in [6.07, 6.45) is 2.28. The van der Waals surface area contributed by atoms with Crippen molar-refractivity contribution in [1.29, 1.82) is 0 Å². The Morgan fingerprint density at radius 3 is 2.64 bits per heavy atom. The molecule has 0 radical (unpaired) electrons. The summed E-state index contributed by atoms with van der Waals surface area (Å²) in [5.41, 5.74) is 0.887. The summed E-state index contributed by atoms with van der Waals surface area (Å²) in [5, 5.41) is 0. The molecule has 132 valence electrons. The lowest BCUT2D eigenvalue weighted by Crippen LogP contribution is -2.25. The topological polar surface area (TPSA) is 38.2 Å². The van der Waals surface area contributed by atoms with Gasteiger partial charge in [-0.2, -0.15) is 0 Å². The van der Waals surface area contributed by atoms with Crippen molar-refractivity contribution in [2.45, 2.75) is 19.2 Å². The number of anilines is 1. The van der Waals surface area contributed by atoms with Gasteiger partial charge in [0.1, 0.15) is 11.6 Å². The van der Waals surface area contributed by atoms with Crippen LogP contribution in [0.4, 0.5) is 19.0 Å². The Kier molecular flexibility index (Phi) is 4.01. The van der Waals surface area contributed by atoms with E-state index < -0.39 is 6.36 Å². The SMILES string of the molecule is FC(F)(F)Oc1cccc(CCC2C3CN(c4cnccn4)CC23)c1. The van der Waals surface area contributed by atoms with E-state index in [-0.39, 0.29) is 5.75 Å². The summed E-state index contributed by atoms with van der Waals surface area (Å²) < 4.78 is 40.9. The van der Waals surface area contributed by atoms with Crippen LogP contribution in [0.25, 0.3) is 0 Å². The number of nitrogens with zero attached hydrogens (tertiary/aromatic N) is 3. The molecule has 0 bridgehead atoms. The number of aromatic nitrogens is 2. The Bertz CT molecular complexity index is 726. The molecule has 2 aromatic rings. The predicted molar refractivity (Wildman–Crippen MR) is 86.2 cm³/mol. The van der Waals surface area contributed by atoms with Gasteiger partial charge in [0.2, 0.25) is 0 Å². The molecule has 2 heterocycles. The molecule has 1 saturated carbocycles. The molecule has 2 fully saturated rings. The molecular formula is C18H18F3N3O. The maximum atomic E-state index is 12.3. The van der Waals surface area contributed by atoms with Crippen molar-refractivity contribution < 1.29 is 17.9 Å². The monoisotopic (exact) mass is 349 g/mol. The fourth-order valence-corrected chi connectivity index (χ4v) is 3.95. The largest absolute Gasteiger partial charge is 0.573 e. The van der Waals surface area contributed by atoms with Gasteiger partial charge in [-0.3, -0.25) is 4.98 Å². The summed E-state index contributed by atoms with van der Waals surface area (Å²) in [4.78, 5) is 10.7. The second-order valence-electron chi connectivity index (χ2n) is 6.69. The highest BCUT2D eigenvalue weighted by Crippen LogP contribution is 2.54. The lowest BCUT2D eigenvalue weighted by atomic mass is 10.0. The minimum Gasteiger partial charge on any atom is -0.406 e. The van der Waals surface area contributed by atoms with E-state index in [0.29, 0.717) is 17.8 Å². The van der Waals surface area contributed by atoms with Crippen LogP contribution in [0.3, 0.4) is 0 Å². The summed E-state index contributed by atoms with van der Waals surface area (Å²) >= 11 is 0. The Balaban J connectivity index is 1.28. The summed E-state index contributed by atoms with van der Waals surface area (Å²) in [6, 6.07) is 6.28. The van der Waals surface area contributed by atoms with Crippen LogP contribution in [0.15, 0.2) is 42.9 Å². The molecule has 2 aliphatic rings. The molecule has 2 atom stereocenters. The van der Waals surface area contributed by atoms with E-state index >= 15 is 0 Å². The van der Waals surface area contributed by atoms with Gasteiger partial charge in [-0.15, -0.1) is 13.2 Å². The van der Waals surface area contributed by atoms with Crippen LogP contribution in [0, 0.1) is 17.8 Å². The van der Waals surface area contributed by atoms with Crippen LogP contribution in [-0.4, -0.2) is 29.4 Å². The van der Waals surface area contributed by atoms with Crippen LogP contribution in [0.2, 0.25) is 0 Å². The molecule has 0 N–H and O–H groups in total. The van der Waals surface area contributed by atoms with Gasteiger partial charge in [-0.1, -0.05) is 12.1 Å². The zero-order chi connectivity index (χ0) is 17.4. The van der Waals surface area contributed by atoms with Crippen molar-refractivity contribution >= 4 is 5.82 Å². The second-order valence-corrected chi connectivity index (χ2v) is 6.69. The molecule has 2 unspecified atom stereocenters. The van der Waals surface area contributed by atoms with E-state index in [1.165, 1.54) is 12.1 Å². The molecular weight excluding hydrogens is 331 g/mol. The van der Waals surface area contributed by atoms with E-state index in [4.69, 9.17) is 0 Å². The first kappa shape index (κ1) is 16.2. The maximum Gasteiger partial charge on any atom is 0.573 e. The first-order valence-corrected chi connectivity index (χ1v) is 8.35. The van der Waals surface area contributed by atoms with Crippen molar-refractivity contribution in [1.82, 2.24) is 9.97 Å². The highest BCUT2D eigenvalue weighted by molar-refractivity contribution is 5.39. The van der Waals surface area contributed by atoms with Crippen molar-refractivity contribution in [3.8, 4) is 5.75 Å². The van der Waals surface area contributed by atoms with Gasteiger partial charge in [0.25, 0.3) is 0 Å². The molecule has 1 aromatic carbocycles. The fourth-order valence-electron chi connectivity index (χ4n) is 3.95. The lowest BCUT2D eigenvalue weighted by Gasteiger charge is -2.20. The van der Waals surface area contributed by atoms with Crippen molar-refractivity contribution in [3.63, 3.8) is 0 Å². The van der Waals surface area contributed by atoms with Gasteiger partial charge in [0.15, 0.2) is 0 Å². The van der Waals surface area contributed by atoms with Gasteiger partial charge in [-0.25, -0.2) is 4.98 Å². The summed E-state index contributed by atoms with van der Waals surface area (Å²) in [7, 11) is 0. The minimum atomic E-state index is -4.64. The number of hydrogen-bond acceptors (Lipinski definition) is 4. The zero-order valence-corrected chi connectivity index (χ0v) is 13.5. The lowest BCUT2D eigenvalue weighted by molar-refractivity contribution is -0.274. The number of hydrogen-bond donors (Lipinski definition) is 0. The Morgan fingerprint density at radius 1 is 1.16 bits per heavy atom. The number of piperidine rings is 1. The maximum absolute atomic E-state index is 12.3. The standard InChI is InChI=1S/C18H18F3N3O/c19-18(20,21)25-13-3-1-2-12(8-13)4-5-14-15-10-24(11-16(14)15)17-9-22-6-7-23-17/h1-3,6-9,14-16H,4-5,10-11H2. The Hall–Kier alpha value is -2.31. The number of alkyl halides is 3. The van der Waals surface area contributed by atoms with Gasteiger partial charge < -0.3 is 9.64 Å². The summed E-state index contributed by atoms with van der Waals surface area (Å²) in [6.45, 7) is 1.98. The van der Waals surface area contributed by atoms with Crippen LogP contribution < -0.4 is 9.64 Å². The molecule has 7 heteroatoms. The number of benzene rings is 1. The van der Waals surface area contributed by atoms with Crippen LogP contribution in [0.1, 0.15) is 12.0 Å². The third-order valence-corrected chi connectivity index (χ3v) is 5.14. The Morgan fingerprint density at radius 2 is 1.96 bits per heavy atom. The van der Waals surface area contributed by atoms with Crippen LogP contribution in [-0.2, 0) is 6.42 Å².